The van der Waals surface area contributed by atoms with E-state index in [0.717, 1.165) is 16.9 Å². The van der Waals surface area contributed by atoms with Crippen molar-refractivity contribution in [3.63, 3.8) is 0 Å². The van der Waals surface area contributed by atoms with Gasteiger partial charge in [-0.05, 0) is 31.5 Å². The van der Waals surface area contributed by atoms with E-state index in [4.69, 9.17) is 16.3 Å². The van der Waals surface area contributed by atoms with Crippen LogP contribution in [0.5, 0.6) is 5.75 Å². The summed E-state index contributed by atoms with van der Waals surface area (Å²) in [5.41, 5.74) is 1.21. The predicted molar refractivity (Wildman–Crippen MR) is 83.6 cm³/mol. The van der Waals surface area contributed by atoms with E-state index >= 15 is 0 Å². The van der Waals surface area contributed by atoms with Crippen LogP contribution in [0.1, 0.15) is 24.2 Å². The number of benzene rings is 1. The number of aryl methyl sites for hydroxylation is 1. The van der Waals surface area contributed by atoms with Crippen LogP contribution < -0.4 is 9.46 Å². The molecule has 1 unspecified atom stereocenters. The zero-order chi connectivity index (χ0) is 15.6. The molecule has 2 rings (SSSR count). The summed E-state index contributed by atoms with van der Waals surface area (Å²) in [6.07, 6.45) is 0. The Morgan fingerprint density at radius 3 is 2.71 bits per heavy atom. The molecule has 0 saturated carbocycles. The van der Waals surface area contributed by atoms with Gasteiger partial charge in [0.15, 0.2) is 8.68 Å². The Hall–Kier alpha value is -1.15. The van der Waals surface area contributed by atoms with Gasteiger partial charge in [-0.3, -0.25) is 0 Å². The third-order valence-electron chi connectivity index (χ3n) is 2.90. The van der Waals surface area contributed by atoms with Crippen molar-refractivity contribution < 1.29 is 13.2 Å². The fraction of sp³-hybridized carbons (Fsp3) is 0.308. The molecule has 114 valence electrons. The van der Waals surface area contributed by atoms with E-state index in [1.54, 1.807) is 33.1 Å². The summed E-state index contributed by atoms with van der Waals surface area (Å²) in [5, 5.41) is 0. The lowest BCUT2D eigenvalue weighted by molar-refractivity contribution is 0.413. The van der Waals surface area contributed by atoms with E-state index in [1.165, 1.54) is 0 Å². The average Bonchev–Trinajstić information content (AvgIpc) is 2.78. The number of thiazole rings is 1. The summed E-state index contributed by atoms with van der Waals surface area (Å²) >= 11 is 6.71. The smallest absolute Gasteiger partial charge is 0.252 e. The molecule has 0 aliphatic heterocycles. The maximum absolute atomic E-state index is 12.4. The number of nitrogens with zero attached hydrogens (tertiary/aromatic N) is 1. The molecule has 1 aromatic heterocycles. The number of aromatic nitrogens is 1. The van der Waals surface area contributed by atoms with Crippen molar-refractivity contribution in [1.82, 2.24) is 9.71 Å². The van der Waals surface area contributed by atoms with Crippen LogP contribution in [0.3, 0.4) is 0 Å². The molecule has 0 bridgehead atoms. The molecule has 0 spiro atoms. The maximum atomic E-state index is 12.4. The van der Waals surface area contributed by atoms with Gasteiger partial charge in [-0.25, -0.2) is 18.1 Å². The zero-order valence-electron chi connectivity index (χ0n) is 11.8. The lowest BCUT2D eigenvalue weighted by Crippen LogP contribution is -2.26. The molecule has 1 aromatic carbocycles. The van der Waals surface area contributed by atoms with Gasteiger partial charge < -0.3 is 4.74 Å². The van der Waals surface area contributed by atoms with Crippen LogP contribution in [-0.4, -0.2) is 20.5 Å². The SMILES string of the molecule is COc1cccc(C(C)NS(=O)(=O)c2sc(Cl)nc2C)c1. The highest BCUT2D eigenvalue weighted by atomic mass is 35.5. The Kier molecular flexibility index (Phi) is 4.88. The third-order valence-corrected chi connectivity index (χ3v) is 6.31. The largest absolute Gasteiger partial charge is 0.497 e. The average molecular weight is 347 g/mol. The first kappa shape index (κ1) is 16.2. The predicted octanol–water partition coefficient (Wildman–Crippen LogP) is 3.15. The van der Waals surface area contributed by atoms with Crippen LogP contribution in [0.15, 0.2) is 28.5 Å². The second-order valence-electron chi connectivity index (χ2n) is 4.46. The molecule has 0 aliphatic rings. The van der Waals surface area contributed by atoms with Crippen LogP contribution in [0.4, 0.5) is 0 Å². The van der Waals surface area contributed by atoms with Gasteiger partial charge in [-0.1, -0.05) is 35.1 Å². The van der Waals surface area contributed by atoms with Crippen LogP contribution in [0, 0.1) is 6.92 Å². The highest BCUT2D eigenvalue weighted by molar-refractivity contribution is 7.91. The summed E-state index contributed by atoms with van der Waals surface area (Å²) in [4.78, 5) is 3.93. The second-order valence-corrected chi connectivity index (χ2v) is 7.95. The molecule has 2 aromatic rings. The van der Waals surface area contributed by atoms with E-state index in [-0.39, 0.29) is 8.68 Å². The number of halogens is 1. The monoisotopic (exact) mass is 346 g/mol. The Morgan fingerprint density at radius 1 is 1.43 bits per heavy atom. The molecule has 0 fully saturated rings. The molecular weight excluding hydrogens is 332 g/mol. The van der Waals surface area contributed by atoms with Crippen LogP contribution in [0.2, 0.25) is 4.47 Å². The van der Waals surface area contributed by atoms with Crippen molar-refractivity contribution in [2.75, 3.05) is 7.11 Å². The first-order chi connectivity index (χ1) is 9.83. The van der Waals surface area contributed by atoms with Crippen molar-refractivity contribution in [2.45, 2.75) is 24.1 Å². The van der Waals surface area contributed by atoms with Gasteiger partial charge in [-0.2, -0.15) is 0 Å². The number of hydrogen-bond donors (Lipinski definition) is 1. The summed E-state index contributed by atoms with van der Waals surface area (Å²) < 4.78 is 32.9. The van der Waals surface area contributed by atoms with E-state index < -0.39 is 16.1 Å². The molecule has 5 nitrogen and oxygen atoms in total. The van der Waals surface area contributed by atoms with Crippen molar-refractivity contribution in [3.05, 3.63) is 40.0 Å². The van der Waals surface area contributed by atoms with E-state index in [9.17, 15) is 8.42 Å². The third kappa shape index (κ3) is 3.74. The standard InChI is InChI=1S/C13H15ClN2O3S2/c1-8(10-5-4-6-11(7-10)19-3)16-21(17,18)12-9(2)15-13(14)20-12/h4-8,16H,1-3H3. The lowest BCUT2D eigenvalue weighted by atomic mass is 10.1. The first-order valence-electron chi connectivity index (χ1n) is 6.12. The Morgan fingerprint density at radius 2 is 2.14 bits per heavy atom. The second kappa shape index (κ2) is 6.31. The Bertz CT molecular complexity index is 744. The maximum Gasteiger partial charge on any atom is 0.252 e. The van der Waals surface area contributed by atoms with Gasteiger partial charge in [0, 0.05) is 6.04 Å². The molecule has 0 radical (unpaired) electrons. The topological polar surface area (TPSA) is 68.3 Å². The van der Waals surface area contributed by atoms with Gasteiger partial charge in [-0.15, -0.1) is 0 Å². The van der Waals surface area contributed by atoms with Gasteiger partial charge in [0.25, 0.3) is 10.0 Å². The van der Waals surface area contributed by atoms with Gasteiger partial charge >= 0.3 is 0 Å². The van der Waals surface area contributed by atoms with Crippen molar-refractivity contribution in [2.24, 2.45) is 0 Å². The molecule has 21 heavy (non-hydrogen) atoms. The summed E-state index contributed by atoms with van der Waals surface area (Å²) in [7, 11) is -2.09. The molecule has 1 heterocycles. The molecular formula is C13H15ClN2O3S2. The molecule has 1 N–H and O–H groups in total. The Labute approximate surface area is 133 Å². The lowest BCUT2D eigenvalue weighted by Gasteiger charge is -2.14. The number of nitrogens with one attached hydrogen (secondary N) is 1. The van der Waals surface area contributed by atoms with Crippen LogP contribution in [-0.2, 0) is 10.0 Å². The molecule has 0 saturated heterocycles. The molecule has 8 heteroatoms. The normalized spacial score (nSPS) is 13.1. The zero-order valence-corrected chi connectivity index (χ0v) is 14.1. The van der Waals surface area contributed by atoms with Gasteiger partial charge in [0.2, 0.25) is 0 Å². The van der Waals surface area contributed by atoms with E-state index in [2.05, 4.69) is 9.71 Å². The number of ether oxygens (including phenoxy) is 1. The minimum absolute atomic E-state index is 0.141. The van der Waals surface area contributed by atoms with Gasteiger partial charge in [0.1, 0.15) is 5.75 Å². The van der Waals surface area contributed by atoms with Crippen LogP contribution in [0.25, 0.3) is 0 Å². The van der Waals surface area contributed by atoms with Crippen molar-refractivity contribution >= 4 is 33.0 Å². The molecule has 0 amide bonds. The van der Waals surface area contributed by atoms with Crippen LogP contribution >= 0.6 is 22.9 Å². The Balaban J connectivity index is 2.25. The first-order valence-corrected chi connectivity index (χ1v) is 8.80. The summed E-state index contributed by atoms with van der Waals surface area (Å²) in [6.45, 7) is 3.39. The minimum atomic E-state index is -3.66. The van der Waals surface area contributed by atoms with Gasteiger partial charge in [0.05, 0.1) is 12.8 Å². The molecule has 1 atom stereocenters. The number of sulfonamides is 1. The number of hydrogen-bond acceptors (Lipinski definition) is 5. The molecule has 0 aliphatic carbocycles. The fourth-order valence-electron chi connectivity index (χ4n) is 1.87. The fourth-order valence-corrected chi connectivity index (χ4v) is 4.85. The number of methoxy groups -OCH3 is 1. The quantitative estimate of drug-likeness (QED) is 0.903. The number of rotatable bonds is 5. The van der Waals surface area contributed by atoms with Crippen molar-refractivity contribution in [3.8, 4) is 5.75 Å². The highest BCUT2D eigenvalue weighted by Crippen LogP contribution is 2.28. The summed E-state index contributed by atoms with van der Waals surface area (Å²) in [6, 6.07) is 6.85. The van der Waals surface area contributed by atoms with E-state index in [0.29, 0.717) is 11.4 Å². The van der Waals surface area contributed by atoms with Crippen molar-refractivity contribution in [1.29, 1.82) is 0 Å². The minimum Gasteiger partial charge on any atom is -0.497 e. The summed E-state index contributed by atoms with van der Waals surface area (Å²) in [5.74, 6) is 0.676. The highest BCUT2D eigenvalue weighted by Gasteiger charge is 2.24. The van der Waals surface area contributed by atoms with E-state index in [1.807, 2.05) is 12.1 Å².